The smallest absolute Gasteiger partial charge is 0.161 e. The van der Waals surface area contributed by atoms with Crippen molar-refractivity contribution in [3.05, 3.63) is 24.3 Å². The van der Waals surface area contributed by atoms with Gasteiger partial charge in [0.25, 0.3) is 0 Å². The third-order valence-electron chi connectivity index (χ3n) is 1.00. The van der Waals surface area contributed by atoms with Gasteiger partial charge in [0.2, 0.25) is 0 Å². The lowest BCUT2D eigenvalue weighted by Crippen LogP contribution is -2.16. The average molecular weight is 131 g/mol. The monoisotopic (exact) mass is 130 g/mol. The Morgan fingerprint density at radius 1 is 1.50 bits per heavy atom. The van der Waals surface area contributed by atoms with Crippen LogP contribution in [0.25, 0.3) is 0 Å². The Kier molecular flexibility index (Phi) is 1.41. The summed E-state index contributed by atoms with van der Waals surface area (Å²) in [4.78, 5) is 0. The number of halogens is 1. The molecule has 2 heteroatoms. The van der Waals surface area contributed by atoms with E-state index in [0.717, 1.165) is 0 Å². The molecule has 8 heavy (non-hydrogen) atoms. The molecule has 1 rings (SSSR count). The summed E-state index contributed by atoms with van der Waals surface area (Å²) in [5, 5.41) is 7.89. The van der Waals surface area contributed by atoms with Crippen molar-refractivity contribution in [1.82, 2.24) is 0 Å². The minimum absolute atomic E-state index is 0.505. The predicted molar refractivity (Wildman–Crippen MR) is 33.7 cm³/mol. The summed E-state index contributed by atoms with van der Waals surface area (Å²) >= 11 is 5.49. The van der Waals surface area contributed by atoms with Gasteiger partial charge in [0.15, 0.2) is 5.06 Å². The molecule has 0 saturated heterocycles. The second-order valence-corrected chi connectivity index (χ2v) is 2.46. The molecule has 1 aliphatic rings. The summed E-state index contributed by atoms with van der Waals surface area (Å²) in [5.74, 6) is 0. The van der Waals surface area contributed by atoms with E-state index in [1.54, 1.807) is 12.2 Å². The molecule has 0 bridgehead atoms. The maximum absolute atomic E-state index is 9.00. The first-order valence-corrected chi connectivity index (χ1v) is 2.84. The second-order valence-electron chi connectivity index (χ2n) is 1.81. The van der Waals surface area contributed by atoms with Crippen LogP contribution < -0.4 is 0 Å². The van der Waals surface area contributed by atoms with E-state index in [1.807, 2.05) is 12.2 Å². The molecule has 0 saturated carbocycles. The summed E-state index contributed by atoms with van der Waals surface area (Å²) in [6.07, 6.45) is 7.49. The molecule has 0 fully saturated rings. The van der Waals surface area contributed by atoms with Gasteiger partial charge in [-0.15, -0.1) is 0 Å². The highest BCUT2D eigenvalue weighted by Gasteiger charge is 2.17. The Hall–Kier alpha value is -0.270. The molecule has 0 radical (unpaired) electrons. The molecule has 0 aromatic carbocycles. The van der Waals surface area contributed by atoms with Crippen molar-refractivity contribution in [2.75, 3.05) is 0 Å². The lowest BCUT2D eigenvalue weighted by atomic mass is 10.1. The fourth-order valence-electron chi connectivity index (χ4n) is 0.583. The van der Waals surface area contributed by atoms with E-state index < -0.39 is 5.06 Å². The maximum Gasteiger partial charge on any atom is 0.161 e. The molecule has 44 valence electrons. The molecule has 1 atom stereocenters. The van der Waals surface area contributed by atoms with E-state index in [1.165, 1.54) is 0 Å². The number of hydrogen-bond acceptors (Lipinski definition) is 1. The van der Waals surface area contributed by atoms with E-state index >= 15 is 0 Å². The van der Waals surface area contributed by atoms with Crippen molar-refractivity contribution in [3.63, 3.8) is 0 Å². The van der Waals surface area contributed by atoms with Gasteiger partial charge >= 0.3 is 0 Å². The molecule has 0 aromatic heterocycles. The van der Waals surface area contributed by atoms with Gasteiger partial charge in [0.1, 0.15) is 0 Å². The van der Waals surface area contributed by atoms with Gasteiger partial charge in [-0.1, -0.05) is 29.8 Å². The lowest BCUT2D eigenvalue weighted by molar-refractivity contribution is 0.182. The lowest BCUT2D eigenvalue weighted by Gasteiger charge is -2.14. The quantitative estimate of drug-likeness (QED) is 0.492. The molecule has 0 spiro atoms. The van der Waals surface area contributed by atoms with Crippen LogP contribution in [0.2, 0.25) is 0 Å². The Morgan fingerprint density at radius 2 is 2.25 bits per heavy atom. The van der Waals surface area contributed by atoms with Crippen molar-refractivity contribution in [2.45, 2.75) is 11.5 Å². The van der Waals surface area contributed by atoms with Crippen LogP contribution >= 0.6 is 11.6 Å². The van der Waals surface area contributed by atoms with Gasteiger partial charge in [0, 0.05) is 6.42 Å². The van der Waals surface area contributed by atoms with E-state index in [4.69, 9.17) is 16.7 Å². The van der Waals surface area contributed by atoms with E-state index in [2.05, 4.69) is 0 Å². The minimum atomic E-state index is -1.12. The van der Waals surface area contributed by atoms with E-state index in [9.17, 15) is 0 Å². The van der Waals surface area contributed by atoms with Crippen LogP contribution in [0.15, 0.2) is 24.3 Å². The first kappa shape index (κ1) is 5.86. The number of aliphatic hydroxyl groups is 1. The molecule has 0 heterocycles. The van der Waals surface area contributed by atoms with Crippen LogP contribution in [0.3, 0.4) is 0 Å². The fraction of sp³-hybridized carbons (Fsp3) is 0.333. The fourth-order valence-corrected chi connectivity index (χ4v) is 0.745. The molecule has 0 aliphatic heterocycles. The zero-order valence-corrected chi connectivity index (χ0v) is 5.10. The van der Waals surface area contributed by atoms with Crippen molar-refractivity contribution < 1.29 is 5.11 Å². The van der Waals surface area contributed by atoms with Crippen LogP contribution in [-0.2, 0) is 0 Å². The Balaban J connectivity index is 2.65. The van der Waals surface area contributed by atoms with Crippen molar-refractivity contribution in [3.8, 4) is 0 Å². The molecular formula is C6H7ClO. The Morgan fingerprint density at radius 3 is 2.50 bits per heavy atom. The second kappa shape index (κ2) is 1.92. The largest absolute Gasteiger partial charge is 0.371 e. The topological polar surface area (TPSA) is 20.2 Å². The van der Waals surface area contributed by atoms with Gasteiger partial charge in [0.05, 0.1) is 0 Å². The average Bonchev–Trinajstić information content (AvgIpc) is 1.65. The molecule has 0 amide bonds. The minimum Gasteiger partial charge on any atom is -0.371 e. The summed E-state index contributed by atoms with van der Waals surface area (Å²) in [5.41, 5.74) is 0. The van der Waals surface area contributed by atoms with Crippen LogP contribution in [0.4, 0.5) is 0 Å². The van der Waals surface area contributed by atoms with Crippen LogP contribution in [0, 0.1) is 0 Å². The third kappa shape index (κ3) is 1.35. The third-order valence-corrected chi connectivity index (χ3v) is 1.28. The van der Waals surface area contributed by atoms with Crippen LogP contribution in [-0.4, -0.2) is 10.2 Å². The molecule has 1 N–H and O–H groups in total. The van der Waals surface area contributed by atoms with Crippen molar-refractivity contribution >= 4 is 11.6 Å². The highest BCUT2D eigenvalue weighted by molar-refractivity contribution is 6.24. The standard InChI is InChI=1S/C6H7ClO/c7-6(8)4-2-1-3-5-6/h1-4,8H,5H2/t6-/m0/s1. The first-order chi connectivity index (χ1) is 3.71. The van der Waals surface area contributed by atoms with E-state index in [-0.39, 0.29) is 0 Å². The highest BCUT2D eigenvalue weighted by atomic mass is 35.5. The predicted octanol–water partition coefficient (Wildman–Crippen LogP) is 1.43. The van der Waals surface area contributed by atoms with Gasteiger partial charge in [-0.25, -0.2) is 0 Å². The Bertz CT molecular complexity index is 135. The summed E-state index contributed by atoms with van der Waals surface area (Å²) in [7, 11) is 0. The molecule has 0 unspecified atom stereocenters. The van der Waals surface area contributed by atoms with Crippen molar-refractivity contribution in [1.29, 1.82) is 0 Å². The SMILES string of the molecule is O[C@@]1(Cl)C=CC=CC1. The van der Waals surface area contributed by atoms with Crippen LogP contribution in [0.5, 0.6) is 0 Å². The number of rotatable bonds is 0. The maximum atomic E-state index is 9.00. The van der Waals surface area contributed by atoms with Gasteiger partial charge in [-0.3, -0.25) is 0 Å². The molecule has 1 aliphatic carbocycles. The Labute approximate surface area is 53.3 Å². The molecular weight excluding hydrogens is 124 g/mol. The molecule has 1 nitrogen and oxygen atoms in total. The first-order valence-electron chi connectivity index (χ1n) is 2.46. The van der Waals surface area contributed by atoms with Gasteiger partial charge in [-0.05, 0) is 6.08 Å². The van der Waals surface area contributed by atoms with Crippen LogP contribution in [0.1, 0.15) is 6.42 Å². The highest BCUT2D eigenvalue weighted by Crippen LogP contribution is 2.20. The number of hydrogen-bond donors (Lipinski definition) is 1. The zero-order chi connectivity index (χ0) is 6.04. The van der Waals surface area contributed by atoms with E-state index in [0.29, 0.717) is 6.42 Å². The van der Waals surface area contributed by atoms with Gasteiger partial charge in [-0.2, -0.15) is 0 Å². The number of allylic oxidation sites excluding steroid dienone is 2. The summed E-state index contributed by atoms with van der Waals surface area (Å²) < 4.78 is 0. The normalized spacial score (nSPS) is 35.8. The van der Waals surface area contributed by atoms with Crippen molar-refractivity contribution in [2.24, 2.45) is 0 Å². The zero-order valence-electron chi connectivity index (χ0n) is 4.34. The summed E-state index contributed by atoms with van der Waals surface area (Å²) in [6.45, 7) is 0. The van der Waals surface area contributed by atoms with Gasteiger partial charge < -0.3 is 5.11 Å². The number of alkyl halides is 1. The summed E-state index contributed by atoms with van der Waals surface area (Å²) in [6, 6.07) is 0. The molecule has 0 aromatic rings.